The number of aromatic nitrogens is 3. The molecular formula is C55H37N3. The Balaban J connectivity index is 0.961. The normalized spacial score (nSPS) is 11.4. The molecule has 3 heteroatoms. The number of hydrogen-bond acceptors (Lipinski definition) is 1. The zero-order chi connectivity index (χ0) is 38.4. The third kappa shape index (κ3) is 5.80. The fraction of sp³-hybridized carbons (Fsp3) is 0. The molecule has 3 nitrogen and oxygen atoms in total. The van der Waals surface area contributed by atoms with Gasteiger partial charge in [0.2, 0.25) is 0 Å². The molecule has 2 aromatic heterocycles. The summed E-state index contributed by atoms with van der Waals surface area (Å²) in [5.41, 5.74) is 15.9. The van der Waals surface area contributed by atoms with Gasteiger partial charge in [0.05, 0.1) is 28.1 Å². The first-order chi connectivity index (χ1) is 28.8. The highest BCUT2D eigenvalue weighted by Crippen LogP contribution is 2.40. The monoisotopic (exact) mass is 739 g/mol. The van der Waals surface area contributed by atoms with Crippen LogP contribution in [0.15, 0.2) is 224 Å². The number of rotatable bonds is 7. The summed E-state index contributed by atoms with van der Waals surface area (Å²) in [5, 5.41) is 10.2. The van der Waals surface area contributed by atoms with Crippen molar-refractivity contribution in [3.05, 3.63) is 224 Å². The van der Waals surface area contributed by atoms with E-state index in [9.17, 15) is 0 Å². The van der Waals surface area contributed by atoms with Crippen LogP contribution in [-0.2, 0) is 0 Å². The summed E-state index contributed by atoms with van der Waals surface area (Å²) < 4.78 is 4.45. The van der Waals surface area contributed by atoms with Gasteiger partial charge in [-0.3, -0.25) is 0 Å². The maximum atomic E-state index is 5.19. The first kappa shape index (κ1) is 33.6. The first-order valence-corrected chi connectivity index (χ1v) is 19.8. The van der Waals surface area contributed by atoms with E-state index in [0.717, 1.165) is 39.5 Å². The van der Waals surface area contributed by atoms with Crippen LogP contribution >= 0.6 is 0 Å². The van der Waals surface area contributed by atoms with E-state index >= 15 is 0 Å². The minimum atomic E-state index is 0.942. The first-order valence-electron chi connectivity index (χ1n) is 19.8. The Bertz CT molecular complexity index is 3210. The Labute approximate surface area is 337 Å². The number of benzene rings is 9. The molecule has 272 valence electrons. The number of hydrogen-bond donors (Lipinski definition) is 0. The summed E-state index contributed by atoms with van der Waals surface area (Å²) in [7, 11) is 0. The lowest BCUT2D eigenvalue weighted by Gasteiger charge is -2.16. The molecule has 0 radical (unpaired) electrons. The standard InChI is InChI=1S/C55H37N3/c1-2-15-41(16-3-1)52-37-55(43-27-26-38-14-4-5-17-42(38)36-43)58(56-52)45-34-30-40(31-35-45)47-19-7-9-21-49(47)48-20-8-6-18-46(48)39-28-32-44(33-29-39)57-53-24-12-10-22-50(53)51-23-11-13-25-54(51)57/h1-37H. The van der Waals surface area contributed by atoms with Crippen molar-refractivity contribution in [2.24, 2.45) is 0 Å². The summed E-state index contributed by atoms with van der Waals surface area (Å²) in [6.45, 7) is 0. The van der Waals surface area contributed by atoms with Gasteiger partial charge in [-0.05, 0) is 92.7 Å². The van der Waals surface area contributed by atoms with Crippen molar-refractivity contribution in [3.63, 3.8) is 0 Å². The number of para-hydroxylation sites is 2. The van der Waals surface area contributed by atoms with Gasteiger partial charge in [0.1, 0.15) is 0 Å². The quantitative estimate of drug-likeness (QED) is 0.160. The molecule has 11 aromatic rings. The molecule has 11 rings (SSSR count). The van der Waals surface area contributed by atoms with Gasteiger partial charge in [0.15, 0.2) is 0 Å². The van der Waals surface area contributed by atoms with Crippen LogP contribution in [-0.4, -0.2) is 14.3 Å². The van der Waals surface area contributed by atoms with Gasteiger partial charge in [-0.1, -0.05) is 176 Å². The van der Waals surface area contributed by atoms with Crippen molar-refractivity contribution >= 4 is 32.6 Å². The molecule has 0 fully saturated rings. The molecule has 0 amide bonds. The zero-order valence-corrected chi connectivity index (χ0v) is 31.7. The van der Waals surface area contributed by atoms with Crippen LogP contribution in [0.4, 0.5) is 0 Å². The van der Waals surface area contributed by atoms with E-state index in [1.54, 1.807) is 0 Å². The lowest BCUT2D eigenvalue weighted by molar-refractivity contribution is 0.892. The molecule has 0 unspecified atom stereocenters. The Hall–Kier alpha value is -7.75. The zero-order valence-electron chi connectivity index (χ0n) is 31.7. The van der Waals surface area contributed by atoms with E-state index in [0.29, 0.717) is 0 Å². The van der Waals surface area contributed by atoms with Gasteiger partial charge < -0.3 is 4.57 Å². The number of fused-ring (bicyclic) bond motifs is 4. The van der Waals surface area contributed by atoms with E-state index in [1.165, 1.54) is 60.4 Å². The van der Waals surface area contributed by atoms with Crippen molar-refractivity contribution in [3.8, 4) is 67.3 Å². The molecule has 0 saturated heterocycles. The topological polar surface area (TPSA) is 22.8 Å². The van der Waals surface area contributed by atoms with Crippen LogP contribution in [0.1, 0.15) is 0 Å². The van der Waals surface area contributed by atoms with Crippen molar-refractivity contribution in [1.29, 1.82) is 0 Å². The van der Waals surface area contributed by atoms with Crippen molar-refractivity contribution in [2.45, 2.75) is 0 Å². The van der Waals surface area contributed by atoms with Crippen LogP contribution in [0.2, 0.25) is 0 Å². The van der Waals surface area contributed by atoms with Crippen LogP contribution in [0.5, 0.6) is 0 Å². The second kappa shape index (κ2) is 14.1. The number of nitrogens with zero attached hydrogens (tertiary/aromatic N) is 3. The Morgan fingerprint density at radius 2 is 0.793 bits per heavy atom. The Kier molecular flexibility index (Phi) is 8.15. The average Bonchev–Trinajstić information content (AvgIpc) is 3.90. The highest BCUT2D eigenvalue weighted by Gasteiger charge is 2.17. The van der Waals surface area contributed by atoms with Gasteiger partial charge in [-0.15, -0.1) is 0 Å². The lowest BCUT2D eigenvalue weighted by Crippen LogP contribution is -1.99. The van der Waals surface area contributed by atoms with E-state index in [1.807, 2.05) is 6.07 Å². The summed E-state index contributed by atoms with van der Waals surface area (Å²) in [6, 6.07) is 80.5. The molecule has 0 N–H and O–H groups in total. The lowest BCUT2D eigenvalue weighted by atomic mass is 9.89. The second-order valence-corrected chi connectivity index (χ2v) is 14.8. The molecule has 0 aliphatic carbocycles. The molecule has 0 atom stereocenters. The SMILES string of the molecule is c1ccc(-c2cc(-c3ccc4ccccc4c3)n(-c3ccc(-c4ccccc4-c4ccccc4-c4ccc(-n5c6ccccc6c6ccccc65)cc4)cc3)n2)cc1. The third-order valence-electron chi connectivity index (χ3n) is 11.4. The average molecular weight is 740 g/mol. The van der Waals surface area contributed by atoms with Crippen molar-refractivity contribution in [1.82, 2.24) is 14.3 Å². The second-order valence-electron chi connectivity index (χ2n) is 14.8. The van der Waals surface area contributed by atoms with Gasteiger partial charge >= 0.3 is 0 Å². The summed E-state index contributed by atoms with van der Waals surface area (Å²) in [4.78, 5) is 0. The molecule has 0 aliphatic rings. The van der Waals surface area contributed by atoms with Crippen molar-refractivity contribution in [2.75, 3.05) is 0 Å². The molecule has 0 spiro atoms. The van der Waals surface area contributed by atoms with Gasteiger partial charge in [-0.25, -0.2) is 4.68 Å². The largest absolute Gasteiger partial charge is 0.309 e. The maximum Gasteiger partial charge on any atom is 0.0934 e. The molecular weight excluding hydrogens is 703 g/mol. The van der Waals surface area contributed by atoms with Gasteiger partial charge in [-0.2, -0.15) is 5.10 Å². The molecule has 0 saturated carbocycles. The van der Waals surface area contributed by atoms with Crippen LogP contribution in [0.3, 0.4) is 0 Å². The highest BCUT2D eigenvalue weighted by atomic mass is 15.3. The van der Waals surface area contributed by atoms with Crippen molar-refractivity contribution < 1.29 is 0 Å². The maximum absolute atomic E-state index is 5.19. The molecule has 9 aromatic carbocycles. The minimum Gasteiger partial charge on any atom is -0.309 e. The molecule has 58 heavy (non-hydrogen) atoms. The fourth-order valence-electron chi connectivity index (χ4n) is 8.59. The third-order valence-corrected chi connectivity index (χ3v) is 11.4. The fourth-order valence-corrected chi connectivity index (χ4v) is 8.59. The minimum absolute atomic E-state index is 0.942. The van der Waals surface area contributed by atoms with E-state index in [2.05, 4.69) is 228 Å². The summed E-state index contributed by atoms with van der Waals surface area (Å²) >= 11 is 0. The van der Waals surface area contributed by atoms with Crippen LogP contribution < -0.4 is 0 Å². The summed E-state index contributed by atoms with van der Waals surface area (Å²) in [5.74, 6) is 0. The predicted molar refractivity (Wildman–Crippen MR) is 243 cm³/mol. The van der Waals surface area contributed by atoms with Gasteiger partial charge in [0.25, 0.3) is 0 Å². The summed E-state index contributed by atoms with van der Waals surface area (Å²) in [6.07, 6.45) is 0. The Morgan fingerprint density at radius 3 is 1.41 bits per heavy atom. The Morgan fingerprint density at radius 1 is 0.310 bits per heavy atom. The molecule has 0 bridgehead atoms. The smallest absolute Gasteiger partial charge is 0.0934 e. The van der Waals surface area contributed by atoms with E-state index in [-0.39, 0.29) is 0 Å². The van der Waals surface area contributed by atoms with Crippen LogP contribution in [0, 0.1) is 0 Å². The predicted octanol–water partition coefficient (Wildman–Crippen LogP) is 14.5. The van der Waals surface area contributed by atoms with Crippen LogP contribution in [0.25, 0.3) is 99.8 Å². The van der Waals surface area contributed by atoms with E-state index in [4.69, 9.17) is 5.10 Å². The van der Waals surface area contributed by atoms with Gasteiger partial charge in [0, 0.05) is 27.6 Å². The van der Waals surface area contributed by atoms with E-state index < -0.39 is 0 Å². The highest BCUT2D eigenvalue weighted by molar-refractivity contribution is 6.09. The molecule has 0 aliphatic heterocycles. The molecule has 2 heterocycles.